The normalized spacial score (nSPS) is 11.4. The van der Waals surface area contributed by atoms with Crippen LogP contribution in [0.4, 0.5) is 0 Å². The Kier molecular flexibility index (Phi) is 4.61. The maximum Gasteiger partial charge on any atom is 0.284 e. The lowest BCUT2D eigenvalue weighted by Gasteiger charge is -2.08. The van der Waals surface area contributed by atoms with Gasteiger partial charge in [-0.1, -0.05) is 40.2 Å². The number of para-hydroxylation sites is 1. The van der Waals surface area contributed by atoms with Crippen molar-refractivity contribution in [2.45, 2.75) is 4.90 Å². The van der Waals surface area contributed by atoms with Crippen LogP contribution in [0.2, 0.25) is 0 Å². The number of carbonyl (C=O) groups is 1. The number of carbonyl (C=O) groups excluding carboxylic acids is 1. The van der Waals surface area contributed by atoms with Crippen LogP contribution in [0.1, 0.15) is 10.5 Å². The highest BCUT2D eigenvalue weighted by Gasteiger charge is 2.16. The molecule has 3 aromatic rings. The number of hydrogen-bond acceptors (Lipinski definition) is 4. The van der Waals surface area contributed by atoms with Crippen LogP contribution < -0.4 is 10.3 Å². The highest BCUT2D eigenvalue weighted by atomic mass is 79.9. The summed E-state index contributed by atoms with van der Waals surface area (Å²) in [7, 11) is -3.85. The van der Waals surface area contributed by atoms with E-state index >= 15 is 0 Å². The molecule has 3 rings (SSSR count). The smallest absolute Gasteiger partial charge is 0.272 e. The van der Waals surface area contributed by atoms with E-state index in [-0.39, 0.29) is 10.6 Å². The number of benzene rings is 2. The number of nitrogens with one attached hydrogen (secondary N) is 2. The summed E-state index contributed by atoms with van der Waals surface area (Å²) in [5.74, 6) is -0.638. The lowest BCUT2D eigenvalue weighted by molar-refractivity contribution is 0.0940. The number of rotatable bonds is 4. The Labute approximate surface area is 147 Å². The van der Waals surface area contributed by atoms with Gasteiger partial charge in [0.2, 0.25) is 0 Å². The minimum atomic E-state index is -3.85. The zero-order valence-electron chi connectivity index (χ0n) is 12.2. The third kappa shape index (κ3) is 3.61. The summed E-state index contributed by atoms with van der Waals surface area (Å²) in [6.45, 7) is 0. The number of hydrazine groups is 1. The average molecular weight is 406 g/mol. The largest absolute Gasteiger partial charge is 0.284 e. The van der Waals surface area contributed by atoms with Gasteiger partial charge in [0.15, 0.2) is 0 Å². The molecule has 122 valence electrons. The van der Waals surface area contributed by atoms with E-state index in [4.69, 9.17) is 0 Å². The van der Waals surface area contributed by atoms with Gasteiger partial charge in [0, 0.05) is 9.86 Å². The van der Waals surface area contributed by atoms with Crippen LogP contribution in [-0.4, -0.2) is 19.3 Å². The molecule has 0 bridgehead atoms. The van der Waals surface area contributed by atoms with E-state index in [1.165, 1.54) is 18.2 Å². The molecule has 0 radical (unpaired) electrons. The van der Waals surface area contributed by atoms with Crippen LogP contribution >= 0.6 is 15.9 Å². The topological polar surface area (TPSA) is 88.2 Å². The van der Waals surface area contributed by atoms with Crippen LogP contribution in [0.3, 0.4) is 0 Å². The first-order chi connectivity index (χ1) is 11.5. The van der Waals surface area contributed by atoms with Gasteiger partial charge >= 0.3 is 0 Å². The molecule has 0 spiro atoms. The maximum atomic E-state index is 12.1. The van der Waals surface area contributed by atoms with E-state index in [2.05, 4.69) is 31.2 Å². The molecule has 1 heterocycles. The van der Waals surface area contributed by atoms with Crippen molar-refractivity contribution >= 4 is 42.8 Å². The molecule has 0 aliphatic carbocycles. The fourth-order valence-corrected chi connectivity index (χ4v) is 3.15. The molecule has 2 aromatic carbocycles. The monoisotopic (exact) mass is 405 g/mol. The summed E-state index contributed by atoms with van der Waals surface area (Å²) >= 11 is 3.23. The highest BCUT2D eigenvalue weighted by Crippen LogP contribution is 2.14. The number of pyridine rings is 1. The van der Waals surface area contributed by atoms with Crippen molar-refractivity contribution < 1.29 is 13.2 Å². The van der Waals surface area contributed by atoms with Crippen LogP contribution in [0.5, 0.6) is 0 Å². The quantitative estimate of drug-likeness (QED) is 0.652. The van der Waals surface area contributed by atoms with E-state index in [1.54, 1.807) is 24.3 Å². The molecule has 0 atom stereocenters. The van der Waals surface area contributed by atoms with Gasteiger partial charge in [0.05, 0.1) is 10.4 Å². The second-order valence-corrected chi connectivity index (χ2v) is 7.50. The van der Waals surface area contributed by atoms with Crippen molar-refractivity contribution in [3.05, 3.63) is 70.8 Å². The van der Waals surface area contributed by atoms with Gasteiger partial charge in [-0.2, -0.15) is 0 Å². The van der Waals surface area contributed by atoms with E-state index in [0.29, 0.717) is 5.52 Å². The number of nitrogens with zero attached hydrogens (tertiary/aromatic N) is 1. The predicted molar refractivity (Wildman–Crippen MR) is 93.7 cm³/mol. The zero-order chi connectivity index (χ0) is 17.2. The van der Waals surface area contributed by atoms with E-state index in [1.807, 2.05) is 18.2 Å². The summed E-state index contributed by atoms with van der Waals surface area (Å²) in [6, 6.07) is 16.7. The van der Waals surface area contributed by atoms with Crippen LogP contribution in [-0.2, 0) is 10.0 Å². The summed E-state index contributed by atoms with van der Waals surface area (Å²) in [4.78, 5) is 18.4. The Hall–Kier alpha value is -2.29. The van der Waals surface area contributed by atoms with Gasteiger partial charge in [-0.15, -0.1) is 4.83 Å². The van der Waals surface area contributed by atoms with Gasteiger partial charge in [-0.25, -0.2) is 13.4 Å². The third-order valence-electron chi connectivity index (χ3n) is 3.25. The molecule has 0 unspecified atom stereocenters. The molecule has 24 heavy (non-hydrogen) atoms. The number of amides is 1. The minimum absolute atomic E-state index is 0.0393. The van der Waals surface area contributed by atoms with Gasteiger partial charge < -0.3 is 0 Å². The average Bonchev–Trinajstić information content (AvgIpc) is 2.59. The molecular weight excluding hydrogens is 394 g/mol. The van der Waals surface area contributed by atoms with Crippen LogP contribution in [0.25, 0.3) is 10.9 Å². The third-order valence-corrected chi connectivity index (χ3v) is 5.05. The first-order valence-corrected chi connectivity index (χ1v) is 9.17. The Morgan fingerprint density at radius 1 is 0.958 bits per heavy atom. The highest BCUT2D eigenvalue weighted by molar-refractivity contribution is 9.10. The Morgan fingerprint density at radius 3 is 2.42 bits per heavy atom. The van der Waals surface area contributed by atoms with Gasteiger partial charge in [0.1, 0.15) is 5.69 Å². The van der Waals surface area contributed by atoms with E-state index in [9.17, 15) is 13.2 Å². The van der Waals surface area contributed by atoms with Crippen molar-refractivity contribution in [2.24, 2.45) is 0 Å². The molecule has 1 aromatic heterocycles. The molecule has 8 heteroatoms. The van der Waals surface area contributed by atoms with Crippen molar-refractivity contribution in [1.82, 2.24) is 15.2 Å². The molecule has 6 nitrogen and oxygen atoms in total. The van der Waals surface area contributed by atoms with E-state index < -0.39 is 15.9 Å². The molecule has 0 saturated heterocycles. The number of hydrogen-bond donors (Lipinski definition) is 2. The molecule has 0 fully saturated rings. The summed E-state index contributed by atoms with van der Waals surface area (Å²) in [6.07, 6.45) is 0. The standard InChI is InChI=1S/C16H12BrN3O3S/c17-12-6-8-13(9-7-12)24(22,23)20-19-16(21)15-10-5-11-3-1-2-4-14(11)18-15/h1-10,20H,(H,19,21). The fourth-order valence-electron chi connectivity index (χ4n) is 2.04. The summed E-state index contributed by atoms with van der Waals surface area (Å²) in [5, 5.41) is 0.893. The molecule has 0 saturated carbocycles. The molecule has 1 amide bonds. The number of halogens is 1. The van der Waals surface area contributed by atoms with Crippen LogP contribution in [0.15, 0.2) is 70.0 Å². The van der Waals surface area contributed by atoms with Gasteiger partial charge in [-0.05, 0) is 36.4 Å². The maximum absolute atomic E-state index is 12.1. The van der Waals surface area contributed by atoms with Gasteiger partial charge in [-0.3, -0.25) is 10.2 Å². The fraction of sp³-hybridized carbons (Fsp3) is 0. The first kappa shape index (κ1) is 16.6. The Balaban J connectivity index is 1.75. The first-order valence-electron chi connectivity index (χ1n) is 6.89. The van der Waals surface area contributed by atoms with Crippen molar-refractivity contribution in [1.29, 1.82) is 0 Å². The Morgan fingerprint density at radius 2 is 1.67 bits per heavy atom. The summed E-state index contributed by atoms with van der Waals surface area (Å²) < 4.78 is 25.0. The van der Waals surface area contributed by atoms with Gasteiger partial charge in [0.25, 0.3) is 15.9 Å². The molecular formula is C16H12BrN3O3S. The lowest BCUT2D eigenvalue weighted by Crippen LogP contribution is -2.41. The Bertz CT molecular complexity index is 1000. The SMILES string of the molecule is O=C(NNS(=O)(=O)c1ccc(Br)cc1)c1ccc2ccccc2n1. The number of fused-ring (bicyclic) bond motifs is 1. The van der Waals surface area contributed by atoms with Crippen molar-refractivity contribution in [3.63, 3.8) is 0 Å². The second kappa shape index (κ2) is 6.68. The molecule has 0 aliphatic rings. The van der Waals surface area contributed by atoms with E-state index in [0.717, 1.165) is 9.86 Å². The molecule has 0 aliphatic heterocycles. The predicted octanol–water partition coefficient (Wildman–Crippen LogP) is 2.62. The molecule has 2 N–H and O–H groups in total. The van der Waals surface area contributed by atoms with Crippen LogP contribution in [0, 0.1) is 0 Å². The number of sulfonamides is 1. The number of aromatic nitrogens is 1. The van der Waals surface area contributed by atoms with Crippen molar-refractivity contribution in [2.75, 3.05) is 0 Å². The second-order valence-electron chi connectivity index (χ2n) is 4.90. The lowest BCUT2D eigenvalue weighted by atomic mass is 10.2. The van der Waals surface area contributed by atoms with Crippen molar-refractivity contribution in [3.8, 4) is 0 Å². The minimum Gasteiger partial charge on any atom is -0.272 e. The zero-order valence-corrected chi connectivity index (χ0v) is 14.6. The summed E-state index contributed by atoms with van der Waals surface area (Å²) in [5.41, 5.74) is 2.94.